The predicted molar refractivity (Wildman–Crippen MR) is 50.7 cm³/mol. The summed E-state index contributed by atoms with van der Waals surface area (Å²) in [6.07, 6.45) is 0.916. The topological polar surface area (TPSA) is 69.6 Å². The Morgan fingerprint density at radius 1 is 1.46 bits per heavy atom. The standard InChI is InChI=1S/C8H16ClNO3/c1-8(5-11,6-12)10-7(13)3-2-4-9/h11-12H,2-6H2,1H3,(H,10,13). The third-order valence-electron chi connectivity index (χ3n) is 1.68. The van der Waals surface area contributed by atoms with E-state index in [1.807, 2.05) is 0 Å². The van der Waals surface area contributed by atoms with Gasteiger partial charge in [-0.3, -0.25) is 4.79 Å². The summed E-state index contributed by atoms with van der Waals surface area (Å²) in [6, 6.07) is 0. The predicted octanol–water partition coefficient (Wildman–Crippen LogP) is -0.135. The van der Waals surface area contributed by atoms with Crippen molar-refractivity contribution in [3.8, 4) is 0 Å². The molecule has 0 aromatic rings. The first-order valence-corrected chi connectivity index (χ1v) is 4.70. The Balaban J connectivity index is 3.87. The van der Waals surface area contributed by atoms with Crippen molar-refractivity contribution in [1.82, 2.24) is 5.32 Å². The number of hydrogen-bond donors (Lipinski definition) is 3. The summed E-state index contributed by atoms with van der Waals surface area (Å²) in [5.41, 5.74) is -0.927. The average molecular weight is 210 g/mol. The molecule has 0 aliphatic heterocycles. The third kappa shape index (κ3) is 5.08. The molecule has 0 radical (unpaired) electrons. The van der Waals surface area contributed by atoms with E-state index >= 15 is 0 Å². The fourth-order valence-corrected chi connectivity index (χ4v) is 0.889. The van der Waals surface area contributed by atoms with Crippen molar-refractivity contribution in [3.63, 3.8) is 0 Å². The van der Waals surface area contributed by atoms with E-state index in [0.29, 0.717) is 18.7 Å². The Bertz CT molecular complexity index is 159. The lowest BCUT2D eigenvalue weighted by Crippen LogP contribution is -2.51. The van der Waals surface area contributed by atoms with E-state index in [-0.39, 0.29) is 19.1 Å². The zero-order chi connectivity index (χ0) is 10.3. The molecule has 0 saturated carbocycles. The summed E-state index contributed by atoms with van der Waals surface area (Å²) in [7, 11) is 0. The molecule has 0 aromatic carbocycles. The minimum atomic E-state index is -0.927. The van der Waals surface area contributed by atoms with Gasteiger partial charge in [-0.1, -0.05) is 0 Å². The van der Waals surface area contributed by atoms with Crippen molar-refractivity contribution in [2.24, 2.45) is 0 Å². The van der Waals surface area contributed by atoms with Crippen LogP contribution in [0.5, 0.6) is 0 Å². The van der Waals surface area contributed by atoms with Gasteiger partial charge in [-0.05, 0) is 13.3 Å². The fraction of sp³-hybridized carbons (Fsp3) is 0.875. The van der Waals surface area contributed by atoms with Crippen LogP contribution < -0.4 is 5.32 Å². The van der Waals surface area contributed by atoms with Gasteiger partial charge in [-0.2, -0.15) is 0 Å². The summed E-state index contributed by atoms with van der Waals surface area (Å²) >= 11 is 5.41. The Kier molecular flexibility index (Phi) is 6.03. The molecule has 5 heteroatoms. The van der Waals surface area contributed by atoms with Crippen LogP contribution in [-0.4, -0.2) is 40.8 Å². The van der Waals surface area contributed by atoms with Crippen molar-refractivity contribution in [2.75, 3.05) is 19.1 Å². The monoisotopic (exact) mass is 209 g/mol. The molecule has 0 bridgehead atoms. The Morgan fingerprint density at radius 3 is 2.38 bits per heavy atom. The maximum absolute atomic E-state index is 11.1. The molecular formula is C8H16ClNO3. The van der Waals surface area contributed by atoms with E-state index in [0.717, 1.165) is 0 Å². The molecule has 0 spiro atoms. The minimum absolute atomic E-state index is 0.203. The lowest BCUT2D eigenvalue weighted by atomic mass is 10.1. The van der Waals surface area contributed by atoms with Crippen molar-refractivity contribution < 1.29 is 15.0 Å². The maximum atomic E-state index is 11.1. The summed E-state index contributed by atoms with van der Waals surface area (Å²) < 4.78 is 0. The second kappa shape index (κ2) is 6.18. The molecular weight excluding hydrogens is 194 g/mol. The highest BCUT2D eigenvalue weighted by Gasteiger charge is 2.23. The van der Waals surface area contributed by atoms with Gasteiger partial charge in [0.05, 0.1) is 18.8 Å². The second-order valence-corrected chi connectivity index (χ2v) is 3.60. The van der Waals surface area contributed by atoms with E-state index in [2.05, 4.69) is 5.32 Å². The quantitative estimate of drug-likeness (QED) is 0.534. The van der Waals surface area contributed by atoms with Crippen LogP contribution in [0.4, 0.5) is 0 Å². The Hall–Kier alpha value is -0.320. The SMILES string of the molecule is CC(CO)(CO)NC(=O)CCCCl. The highest BCUT2D eigenvalue weighted by atomic mass is 35.5. The molecule has 0 aliphatic rings. The zero-order valence-electron chi connectivity index (χ0n) is 7.72. The Morgan fingerprint density at radius 2 is 2.00 bits per heavy atom. The molecule has 1 amide bonds. The Labute approximate surface area is 82.9 Å². The van der Waals surface area contributed by atoms with Crippen LogP contribution in [0, 0.1) is 0 Å². The number of aliphatic hydroxyl groups is 2. The summed E-state index contributed by atoms with van der Waals surface area (Å²) in [4.78, 5) is 11.1. The van der Waals surface area contributed by atoms with E-state index in [1.165, 1.54) is 0 Å². The largest absolute Gasteiger partial charge is 0.394 e. The third-order valence-corrected chi connectivity index (χ3v) is 1.94. The number of carbonyl (C=O) groups excluding carboxylic acids is 1. The van der Waals surface area contributed by atoms with Crippen molar-refractivity contribution in [1.29, 1.82) is 0 Å². The van der Waals surface area contributed by atoms with Gasteiger partial charge in [-0.15, -0.1) is 11.6 Å². The van der Waals surface area contributed by atoms with Crippen LogP contribution >= 0.6 is 11.6 Å². The van der Waals surface area contributed by atoms with Crippen LogP contribution in [0.25, 0.3) is 0 Å². The zero-order valence-corrected chi connectivity index (χ0v) is 8.47. The molecule has 0 rings (SSSR count). The minimum Gasteiger partial charge on any atom is -0.394 e. The van der Waals surface area contributed by atoms with E-state index in [1.54, 1.807) is 6.92 Å². The first-order valence-electron chi connectivity index (χ1n) is 4.16. The highest BCUT2D eigenvalue weighted by molar-refractivity contribution is 6.17. The van der Waals surface area contributed by atoms with E-state index < -0.39 is 5.54 Å². The molecule has 3 N–H and O–H groups in total. The van der Waals surface area contributed by atoms with Gasteiger partial charge in [0.15, 0.2) is 0 Å². The number of amides is 1. The highest BCUT2D eigenvalue weighted by Crippen LogP contribution is 2.02. The molecule has 13 heavy (non-hydrogen) atoms. The molecule has 4 nitrogen and oxygen atoms in total. The van der Waals surface area contributed by atoms with Crippen LogP contribution in [0.2, 0.25) is 0 Å². The normalized spacial score (nSPS) is 11.4. The van der Waals surface area contributed by atoms with Gasteiger partial charge in [0, 0.05) is 12.3 Å². The first kappa shape index (κ1) is 12.7. The molecule has 0 fully saturated rings. The van der Waals surface area contributed by atoms with Crippen LogP contribution in [0.3, 0.4) is 0 Å². The molecule has 0 atom stereocenters. The second-order valence-electron chi connectivity index (χ2n) is 3.22. The molecule has 0 heterocycles. The summed E-state index contributed by atoms with van der Waals surface area (Å²) in [5.74, 6) is 0.230. The first-order chi connectivity index (χ1) is 6.08. The lowest BCUT2D eigenvalue weighted by molar-refractivity contribution is -0.124. The number of carbonyl (C=O) groups is 1. The van der Waals surface area contributed by atoms with Crippen LogP contribution in [0.15, 0.2) is 0 Å². The lowest BCUT2D eigenvalue weighted by Gasteiger charge is -2.26. The number of hydrogen-bond acceptors (Lipinski definition) is 3. The maximum Gasteiger partial charge on any atom is 0.220 e. The molecule has 0 aliphatic carbocycles. The van der Waals surface area contributed by atoms with Gasteiger partial charge in [0.2, 0.25) is 5.91 Å². The fourth-order valence-electron chi connectivity index (χ4n) is 0.756. The molecule has 0 saturated heterocycles. The summed E-state index contributed by atoms with van der Waals surface area (Å²) in [5, 5.41) is 20.2. The van der Waals surface area contributed by atoms with Crippen molar-refractivity contribution in [2.45, 2.75) is 25.3 Å². The van der Waals surface area contributed by atoms with Gasteiger partial charge < -0.3 is 15.5 Å². The number of aliphatic hydroxyl groups excluding tert-OH is 2. The summed E-state index contributed by atoms with van der Waals surface area (Å²) in [6.45, 7) is 1.01. The van der Waals surface area contributed by atoms with Gasteiger partial charge >= 0.3 is 0 Å². The van der Waals surface area contributed by atoms with Gasteiger partial charge in [0.1, 0.15) is 0 Å². The average Bonchev–Trinajstić information content (AvgIpc) is 2.14. The number of nitrogens with one attached hydrogen (secondary N) is 1. The van der Waals surface area contributed by atoms with Gasteiger partial charge in [-0.25, -0.2) is 0 Å². The van der Waals surface area contributed by atoms with Crippen molar-refractivity contribution >= 4 is 17.5 Å². The molecule has 78 valence electrons. The molecule has 0 aromatic heterocycles. The van der Waals surface area contributed by atoms with E-state index in [4.69, 9.17) is 21.8 Å². The smallest absolute Gasteiger partial charge is 0.220 e. The number of alkyl halides is 1. The van der Waals surface area contributed by atoms with Crippen molar-refractivity contribution in [3.05, 3.63) is 0 Å². The van der Waals surface area contributed by atoms with Crippen LogP contribution in [-0.2, 0) is 4.79 Å². The number of halogens is 1. The molecule has 0 unspecified atom stereocenters. The van der Waals surface area contributed by atoms with Gasteiger partial charge in [0.25, 0.3) is 0 Å². The number of rotatable bonds is 6. The van der Waals surface area contributed by atoms with Crippen LogP contribution in [0.1, 0.15) is 19.8 Å². The van der Waals surface area contributed by atoms with E-state index in [9.17, 15) is 4.79 Å².